The van der Waals surface area contributed by atoms with Crippen molar-refractivity contribution in [1.29, 1.82) is 0 Å². The van der Waals surface area contributed by atoms with Gasteiger partial charge in [-0.25, -0.2) is 0 Å². The molecule has 1 amide bonds. The smallest absolute Gasteiger partial charge is 0.295 e. The number of amides is 1. The van der Waals surface area contributed by atoms with Gasteiger partial charge in [-0.3, -0.25) is 9.59 Å². The molecule has 1 heterocycles. The molecule has 0 aliphatic carbocycles. The molecule has 182 valence electrons. The van der Waals surface area contributed by atoms with E-state index in [-0.39, 0.29) is 36.5 Å². The van der Waals surface area contributed by atoms with Crippen LogP contribution in [0, 0.1) is 0 Å². The van der Waals surface area contributed by atoms with Gasteiger partial charge in [-0.15, -0.1) is 0 Å². The van der Waals surface area contributed by atoms with Crippen molar-refractivity contribution >= 4 is 17.4 Å². The number of rotatable bonds is 9. The predicted octanol–water partition coefficient (Wildman–Crippen LogP) is 4.67. The van der Waals surface area contributed by atoms with Crippen molar-refractivity contribution in [2.45, 2.75) is 45.8 Å². The number of aliphatic hydroxyl groups is 1. The van der Waals surface area contributed by atoms with Crippen LogP contribution in [-0.4, -0.2) is 55.2 Å². The van der Waals surface area contributed by atoms with Crippen LogP contribution in [0.25, 0.3) is 5.76 Å². The van der Waals surface area contributed by atoms with Gasteiger partial charge < -0.3 is 24.2 Å². The molecule has 7 nitrogen and oxygen atoms in total. The minimum Gasteiger partial charge on any atom is -0.507 e. The normalized spacial score (nSPS) is 17.6. The lowest BCUT2D eigenvalue weighted by Gasteiger charge is -2.26. The number of carbonyl (C=O) groups is 2. The van der Waals surface area contributed by atoms with Gasteiger partial charge in [-0.05, 0) is 61.2 Å². The Bertz CT molecular complexity index is 1090. The van der Waals surface area contributed by atoms with E-state index in [1.54, 1.807) is 50.6 Å². The summed E-state index contributed by atoms with van der Waals surface area (Å²) < 4.78 is 16.4. The fraction of sp³-hybridized carbons (Fsp3) is 0.407. The molecule has 0 aromatic heterocycles. The summed E-state index contributed by atoms with van der Waals surface area (Å²) >= 11 is 0. The molecule has 3 rings (SSSR count). The molecule has 0 saturated carbocycles. The van der Waals surface area contributed by atoms with Crippen LogP contribution in [0.2, 0.25) is 0 Å². The maximum atomic E-state index is 13.2. The van der Waals surface area contributed by atoms with E-state index in [1.807, 2.05) is 33.8 Å². The van der Waals surface area contributed by atoms with Crippen molar-refractivity contribution < 1.29 is 28.9 Å². The second-order valence-corrected chi connectivity index (χ2v) is 8.80. The van der Waals surface area contributed by atoms with Gasteiger partial charge in [0, 0.05) is 12.1 Å². The molecular weight excluding hydrogens is 434 g/mol. The highest BCUT2D eigenvalue weighted by molar-refractivity contribution is 6.46. The number of likely N-dealkylation sites (tertiary alicyclic amines) is 1. The van der Waals surface area contributed by atoms with E-state index in [0.29, 0.717) is 22.6 Å². The summed E-state index contributed by atoms with van der Waals surface area (Å²) in [5.41, 5.74) is 2.06. The second kappa shape index (κ2) is 10.7. The minimum atomic E-state index is -0.768. The van der Waals surface area contributed by atoms with Crippen LogP contribution in [0.3, 0.4) is 0 Å². The minimum absolute atomic E-state index is 0.0131. The zero-order chi connectivity index (χ0) is 25.0. The zero-order valence-electron chi connectivity index (χ0n) is 20.6. The van der Waals surface area contributed by atoms with Gasteiger partial charge in [0.1, 0.15) is 17.3 Å². The summed E-state index contributed by atoms with van der Waals surface area (Å²) in [5, 5.41) is 11.3. The summed E-state index contributed by atoms with van der Waals surface area (Å²) in [6.45, 7) is 8.33. The van der Waals surface area contributed by atoms with Crippen LogP contribution in [0.1, 0.15) is 56.3 Å². The Labute approximate surface area is 200 Å². The molecule has 1 aliphatic heterocycles. The largest absolute Gasteiger partial charge is 0.507 e. The molecule has 0 radical (unpaired) electrons. The second-order valence-electron chi connectivity index (χ2n) is 8.80. The topological polar surface area (TPSA) is 85.3 Å². The summed E-state index contributed by atoms with van der Waals surface area (Å²) in [6.07, 6.45) is -0.0131. The molecule has 1 unspecified atom stereocenters. The monoisotopic (exact) mass is 467 g/mol. The van der Waals surface area contributed by atoms with Crippen LogP contribution >= 0.6 is 0 Å². The summed E-state index contributed by atoms with van der Waals surface area (Å²) in [7, 11) is 3.14. The van der Waals surface area contributed by atoms with Crippen molar-refractivity contribution in [1.82, 2.24) is 4.90 Å². The van der Waals surface area contributed by atoms with Crippen LogP contribution in [-0.2, 0) is 14.3 Å². The lowest BCUT2D eigenvalue weighted by molar-refractivity contribution is -0.140. The molecule has 1 saturated heterocycles. The zero-order valence-corrected chi connectivity index (χ0v) is 20.6. The quantitative estimate of drug-likeness (QED) is 0.328. The number of aliphatic hydroxyl groups excluding tert-OH is 1. The average molecular weight is 468 g/mol. The molecule has 0 spiro atoms. The van der Waals surface area contributed by atoms with Gasteiger partial charge >= 0.3 is 0 Å². The van der Waals surface area contributed by atoms with Gasteiger partial charge in [0.15, 0.2) is 0 Å². The molecule has 34 heavy (non-hydrogen) atoms. The standard InChI is InChI=1S/C27H33NO6/c1-16(2)21-15-19(10-11-22(21)33-6)25(29)23-24(18-8-7-9-20(14-18)32-5)28(27(31)26(23)30)12-13-34-17(3)4/h7-11,14-17,24,29H,12-13H2,1-6H3/b25-23-. The van der Waals surface area contributed by atoms with E-state index in [4.69, 9.17) is 14.2 Å². The third-order valence-corrected chi connectivity index (χ3v) is 5.86. The van der Waals surface area contributed by atoms with E-state index in [0.717, 1.165) is 5.56 Å². The highest BCUT2D eigenvalue weighted by Crippen LogP contribution is 2.41. The van der Waals surface area contributed by atoms with Crippen LogP contribution < -0.4 is 9.47 Å². The Balaban J connectivity index is 2.15. The average Bonchev–Trinajstić information content (AvgIpc) is 3.08. The van der Waals surface area contributed by atoms with E-state index >= 15 is 0 Å². The summed E-state index contributed by atoms with van der Waals surface area (Å²) in [4.78, 5) is 27.7. The number of benzene rings is 2. The molecule has 1 fully saturated rings. The van der Waals surface area contributed by atoms with Crippen molar-refractivity contribution in [3.8, 4) is 11.5 Å². The number of hydrogen-bond donors (Lipinski definition) is 1. The molecule has 1 aliphatic rings. The highest BCUT2D eigenvalue weighted by atomic mass is 16.5. The third-order valence-electron chi connectivity index (χ3n) is 5.86. The van der Waals surface area contributed by atoms with Gasteiger partial charge in [0.25, 0.3) is 11.7 Å². The molecule has 1 atom stereocenters. The van der Waals surface area contributed by atoms with Gasteiger partial charge in [0.05, 0.1) is 38.5 Å². The van der Waals surface area contributed by atoms with Crippen LogP contribution in [0.4, 0.5) is 0 Å². The molecule has 0 bridgehead atoms. The lowest BCUT2D eigenvalue weighted by atomic mass is 9.93. The summed E-state index contributed by atoms with van der Waals surface area (Å²) in [5.74, 6) is -0.193. The van der Waals surface area contributed by atoms with Gasteiger partial charge in [-0.1, -0.05) is 26.0 Å². The molecule has 1 N–H and O–H groups in total. The van der Waals surface area contributed by atoms with E-state index < -0.39 is 17.7 Å². The number of nitrogens with zero attached hydrogens (tertiary/aromatic N) is 1. The number of methoxy groups -OCH3 is 2. The molecule has 2 aromatic carbocycles. The number of ether oxygens (including phenoxy) is 3. The Morgan fingerprint density at radius 3 is 2.38 bits per heavy atom. The Morgan fingerprint density at radius 2 is 1.76 bits per heavy atom. The fourth-order valence-electron chi connectivity index (χ4n) is 4.14. The van der Waals surface area contributed by atoms with Crippen molar-refractivity contribution in [2.24, 2.45) is 0 Å². The van der Waals surface area contributed by atoms with Crippen LogP contribution in [0.5, 0.6) is 11.5 Å². The lowest BCUT2D eigenvalue weighted by Crippen LogP contribution is -2.33. The van der Waals surface area contributed by atoms with Crippen molar-refractivity contribution in [2.75, 3.05) is 27.4 Å². The number of hydrogen-bond acceptors (Lipinski definition) is 6. The third kappa shape index (κ3) is 5.09. The Morgan fingerprint density at radius 1 is 1.03 bits per heavy atom. The number of carbonyl (C=O) groups excluding carboxylic acids is 2. The first-order chi connectivity index (χ1) is 16.2. The first-order valence-electron chi connectivity index (χ1n) is 11.4. The van der Waals surface area contributed by atoms with Crippen molar-refractivity contribution in [3.63, 3.8) is 0 Å². The number of Topliss-reactive ketones (excluding diaryl/α,β-unsaturated/α-hetero) is 1. The SMILES string of the molecule is COc1cccc(C2/C(=C(/O)c3ccc(OC)c(C(C)C)c3)C(=O)C(=O)N2CCOC(C)C)c1. The Kier molecular flexibility index (Phi) is 7.99. The van der Waals surface area contributed by atoms with E-state index in [9.17, 15) is 14.7 Å². The van der Waals surface area contributed by atoms with Gasteiger partial charge in [0.2, 0.25) is 0 Å². The fourth-order valence-corrected chi connectivity index (χ4v) is 4.14. The first-order valence-corrected chi connectivity index (χ1v) is 11.4. The maximum absolute atomic E-state index is 13.2. The molecule has 2 aromatic rings. The van der Waals surface area contributed by atoms with Crippen molar-refractivity contribution in [3.05, 3.63) is 64.7 Å². The van der Waals surface area contributed by atoms with Gasteiger partial charge in [-0.2, -0.15) is 0 Å². The highest BCUT2D eigenvalue weighted by Gasteiger charge is 2.46. The Hall–Kier alpha value is -3.32. The molecule has 7 heteroatoms. The number of ketones is 1. The van der Waals surface area contributed by atoms with Crippen LogP contribution in [0.15, 0.2) is 48.0 Å². The summed E-state index contributed by atoms with van der Waals surface area (Å²) in [6, 6.07) is 11.7. The van der Waals surface area contributed by atoms with E-state index in [1.165, 1.54) is 4.90 Å². The van der Waals surface area contributed by atoms with E-state index in [2.05, 4.69) is 0 Å². The molecular formula is C27H33NO6. The predicted molar refractivity (Wildman–Crippen MR) is 130 cm³/mol. The first kappa shape index (κ1) is 25.3. The maximum Gasteiger partial charge on any atom is 0.295 e.